The first-order valence-corrected chi connectivity index (χ1v) is 8.91. The van der Waals surface area contributed by atoms with Crippen molar-refractivity contribution in [1.82, 2.24) is 10.6 Å². The maximum absolute atomic E-state index is 14.0. The van der Waals surface area contributed by atoms with Crippen LogP contribution in [0.3, 0.4) is 0 Å². The Morgan fingerprint density at radius 2 is 1.86 bits per heavy atom. The first-order chi connectivity index (χ1) is 13.4. The lowest BCUT2D eigenvalue weighted by atomic mass is 9.94. The third kappa shape index (κ3) is 3.91. The summed E-state index contributed by atoms with van der Waals surface area (Å²) in [5.74, 6) is 0.146. The molecule has 2 aromatic carbocycles. The number of benzene rings is 2. The van der Waals surface area contributed by atoms with E-state index in [0.29, 0.717) is 27.9 Å². The highest BCUT2D eigenvalue weighted by atomic mass is 32.1. The summed E-state index contributed by atoms with van der Waals surface area (Å²) in [4.78, 5) is 13.0. The van der Waals surface area contributed by atoms with Gasteiger partial charge in [0.1, 0.15) is 5.82 Å². The maximum Gasteiger partial charge on any atom is 0.255 e. The number of hydrogen-bond donors (Lipinski definition) is 3. The number of carbonyl (C=O) groups is 1. The van der Waals surface area contributed by atoms with Crippen molar-refractivity contribution < 1.29 is 18.7 Å². The molecule has 0 aromatic heterocycles. The minimum absolute atomic E-state index is 0.104. The van der Waals surface area contributed by atoms with Crippen LogP contribution in [0.2, 0.25) is 0 Å². The molecule has 1 amide bonds. The summed E-state index contributed by atoms with van der Waals surface area (Å²) >= 11 is 5.26. The molecule has 1 heterocycles. The smallest absolute Gasteiger partial charge is 0.255 e. The zero-order valence-electron chi connectivity index (χ0n) is 15.6. The molecule has 6 nitrogen and oxygen atoms in total. The first-order valence-electron chi connectivity index (χ1n) is 8.50. The lowest BCUT2D eigenvalue weighted by Crippen LogP contribution is -2.45. The normalized spacial score (nSPS) is 16.1. The molecule has 0 bridgehead atoms. The summed E-state index contributed by atoms with van der Waals surface area (Å²) in [6.45, 7) is 1.75. The minimum atomic E-state index is -0.541. The number of carbonyl (C=O) groups excluding carboxylic acids is 1. The van der Waals surface area contributed by atoms with E-state index in [0.717, 1.165) is 5.56 Å². The number of methoxy groups -OCH3 is 2. The molecule has 28 heavy (non-hydrogen) atoms. The van der Waals surface area contributed by atoms with Crippen LogP contribution in [0.1, 0.15) is 18.5 Å². The highest BCUT2D eigenvalue weighted by Gasteiger charge is 2.30. The fourth-order valence-electron chi connectivity index (χ4n) is 3.03. The van der Waals surface area contributed by atoms with Crippen LogP contribution < -0.4 is 25.4 Å². The molecule has 146 valence electrons. The average molecular weight is 401 g/mol. The van der Waals surface area contributed by atoms with Crippen molar-refractivity contribution in [3.8, 4) is 11.5 Å². The second-order valence-corrected chi connectivity index (χ2v) is 6.53. The van der Waals surface area contributed by atoms with Crippen molar-refractivity contribution in [1.29, 1.82) is 0 Å². The number of allylic oxidation sites excluding steroid dienone is 1. The summed E-state index contributed by atoms with van der Waals surface area (Å²) in [5.41, 5.74) is 1.83. The standard InChI is InChI=1S/C20H20FN3O3S/c1-11-17(19(25)23-14-7-5-4-6-13(14)21)18(24-20(28)22-11)12-8-9-15(26-2)16(10-12)27-3/h4-10,18H,1-3H3,(H,23,25)(H2,22,24,28)/t18-/m1/s1. The van der Waals surface area contributed by atoms with E-state index in [1.165, 1.54) is 19.2 Å². The van der Waals surface area contributed by atoms with Crippen LogP contribution in [-0.4, -0.2) is 25.2 Å². The Bertz CT molecular complexity index is 961. The summed E-state index contributed by atoms with van der Waals surface area (Å²) in [7, 11) is 3.09. The zero-order chi connectivity index (χ0) is 20.3. The second-order valence-electron chi connectivity index (χ2n) is 6.12. The van der Waals surface area contributed by atoms with Gasteiger partial charge in [-0.3, -0.25) is 4.79 Å². The molecule has 1 aliphatic heterocycles. The van der Waals surface area contributed by atoms with E-state index in [1.54, 1.807) is 38.3 Å². The molecule has 0 aliphatic carbocycles. The van der Waals surface area contributed by atoms with Gasteiger partial charge in [0.25, 0.3) is 5.91 Å². The van der Waals surface area contributed by atoms with Gasteiger partial charge in [0.15, 0.2) is 16.6 Å². The molecule has 8 heteroatoms. The zero-order valence-corrected chi connectivity index (χ0v) is 16.4. The van der Waals surface area contributed by atoms with Crippen molar-refractivity contribution in [2.45, 2.75) is 13.0 Å². The van der Waals surface area contributed by atoms with Crippen molar-refractivity contribution in [2.24, 2.45) is 0 Å². The van der Waals surface area contributed by atoms with Crippen LogP contribution in [0.25, 0.3) is 0 Å². The largest absolute Gasteiger partial charge is 0.493 e. The van der Waals surface area contributed by atoms with Gasteiger partial charge < -0.3 is 25.4 Å². The van der Waals surface area contributed by atoms with Gasteiger partial charge in [-0.05, 0) is 49.0 Å². The monoisotopic (exact) mass is 401 g/mol. The Labute approximate surface area is 167 Å². The first kappa shape index (κ1) is 19.6. The van der Waals surface area contributed by atoms with Crippen LogP contribution in [-0.2, 0) is 4.79 Å². The van der Waals surface area contributed by atoms with Gasteiger partial charge in [0.05, 0.1) is 31.5 Å². The van der Waals surface area contributed by atoms with Crippen molar-refractivity contribution in [2.75, 3.05) is 19.5 Å². The number of anilines is 1. The molecule has 3 rings (SSSR count). The van der Waals surface area contributed by atoms with E-state index < -0.39 is 17.8 Å². The highest BCUT2D eigenvalue weighted by Crippen LogP contribution is 2.34. The van der Waals surface area contributed by atoms with E-state index in [1.807, 2.05) is 6.07 Å². The van der Waals surface area contributed by atoms with Crippen molar-refractivity contribution in [3.63, 3.8) is 0 Å². The number of thiocarbonyl (C=S) groups is 1. The van der Waals surface area contributed by atoms with Gasteiger partial charge in [-0.15, -0.1) is 0 Å². The highest BCUT2D eigenvalue weighted by molar-refractivity contribution is 7.80. The van der Waals surface area contributed by atoms with Gasteiger partial charge in [0.2, 0.25) is 0 Å². The third-order valence-corrected chi connectivity index (χ3v) is 4.60. The fraction of sp³-hybridized carbons (Fsp3) is 0.200. The molecule has 0 spiro atoms. The van der Waals surface area contributed by atoms with Crippen molar-refractivity contribution in [3.05, 3.63) is 65.1 Å². The maximum atomic E-state index is 14.0. The predicted octanol–water partition coefficient (Wildman–Crippen LogP) is 3.27. The third-order valence-electron chi connectivity index (χ3n) is 4.38. The lowest BCUT2D eigenvalue weighted by molar-refractivity contribution is -0.113. The molecule has 1 aliphatic rings. The number of para-hydroxylation sites is 1. The molecular formula is C20H20FN3O3S. The SMILES string of the molecule is COc1ccc([C@H]2NC(=S)NC(C)=C2C(=O)Nc2ccccc2F)cc1OC. The van der Waals surface area contributed by atoms with E-state index >= 15 is 0 Å². The summed E-state index contributed by atoms with van der Waals surface area (Å²) in [5, 5.41) is 9.06. The molecule has 0 unspecified atom stereocenters. The number of rotatable bonds is 5. The topological polar surface area (TPSA) is 71.6 Å². The van der Waals surface area contributed by atoms with Gasteiger partial charge in [0, 0.05) is 5.70 Å². The quantitative estimate of drug-likeness (QED) is 0.668. The molecule has 3 N–H and O–H groups in total. The van der Waals surface area contributed by atoms with Crippen LogP contribution in [0, 0.1) is 5.82 Å². The van der Waals surface area contributed by atoms with Crippen LogP contribution in [0.15, 0.2) is 53.7 Å². The Kier molecular flexibility index (Phi) is 5.79. The molecule has 0 saturated carbocycles. The number of halogens is 1. The minimum Gasteiger partial charge on any atom is -0.493 e. The van der Waals surface area contributed by atoms with E-state index in [9.17, 15) is 9.18 Å². The fourth-order valence-corrected chi connectivity index (χ4v) is 3.30. The average Bonchev–Trinajstić information content (AvgIpc) is 2.68. The molecular weight excluding hydrogens is 381 g/mol. The van der Waals surface area contributed by atoms with Gasteiger partial charge in [-0.2, -0.15) is 0 Å². The molecule has 2 aromatic rings. The molecule has 0 saturated heterocycles. The number of nitrogens with one attached hydrogen (secondary N) is 3. The van der Waals surface area contributed by atoms with Crippen LogP contribution >= 0.6 is 12.2 Å². The van der Waals surface area contributed by atoms with Gasteiger partial charge in [-0.1, -0.05) is 18.2 Å². The molecule has 0 radical (unpaired) electrons. The lowest BCUT2D eigenvalue weighted by Gasteiger charge is -2.30. The van der Waals surface area contributed by atoms with E-state index in [2.05, 4.69) is 16.0 Å². The Morgan fingerprint density at radius 1 is 1.14 bits per heavy atom. The summed E-state index contributed by atoms with van der Waals surface area (Å²) in [6, 6.07) is 10.8. The van der Waals surface area contributed by atoms with Crippen molar-refractivity contribution >= 4 is 28.9 Å². The van der Waals surface area contributed by atoms with Crippen LogP contribution in [0.4, 0.5) is 10.1 Å². The number of hydrogen-bond acceptors (Lipinski definition) is 4. The number of amides is 1. The van der Waals surface area contributed by atoms with E-state index in [-0.39, 0.29) is 5.69 Å². The second kappa shape index (κ2) is 8.26. The summed E-state index contributed by atoms with van der Waals surface area (Å²) in [6.07, 6.45) is 0. The Morgan fingerprint density at radius 3 is 2.54 bits per heavy atom. The Hall–Kier alpha value is -3.13. The molecule has 1 atom stereocenters. The predicted molar refractivity (Wildman–Crippen MR) is 109 cm³/mol. The van der Waals surface area contributed by atoms with E-state index in [4.69, 9.17) is 21.7 Å². The van der Waals surface area contributed by atoms with Gasteiger partial charge in [-0.25, -0.2) is 4.39 Å². The summed E-state index contributed by atoms with van der Waals surface area (Å²) < 4.78 is 24.6. The Balaban J connectivity index is 1.99. The molecule has 0 fully saturated rings. The van der Waals surface area contributed by atoms with Gasteiger partial charge >= 0.3 is 0 Å². The van der Waals surface area contributed by atoms with Crippen LogP contribution in [0.5, 0.6) is 11.5 Å². The number of ether oxygens (including phenoxy) is 2.